The number of nitro groups is 1. The lowest BCUT2D eigenvalue weighted by Gasteiger charge is -2.08. The van der Waals surface area contributed by atoms with E-state index in [0.29, 0.717) is 11.7 Å². The van der Waals surface area contributed by atoms with E-state index in [1.54, 1.807) is 29.5 Å². The zero-order valence-electron chi connectivity index (χ0n) is 15.9. The first kappa shape index (κ1) is 20.7. The largest absolute Gasteiger partial charge is 0.320 e. The van der Waals surface area contributed by atoms with Gasteiger partial charge in [0.15, 0.2) is 11.0 Å². The van der Waals surface area contributed by atoms with Crippen LogP contribution in [-0.4, -0.2) is 31.3 Å². The van der Waals surface area contributed by atoms with Crippen molar-refractivity contribution in [3.8, 4) is 11.4 Å². The van der Waals surface area contributed by atoms with E-state index in [1.807, 2.05) is 16.9 Å². The summed E-state index contributed by atoms with van der Waals surface area (Å²) in [4.78, 5) is 24.1. The molecule has 0 aliphatic rings. The molecule has 0 fully saturated rings. The predicted molar refractivity (Wildman–Crippen MR) is 115 cm³/mol. The normalized spacial score (nSPS) is 10.7. The molecule has 0 spiro atoms. The third-order valence-corrected chi connectivity index (χ3v) is 6.24. The van der Waals surface area contributed by atoms with Gasteiger partial charge in [0.1, 0.15) is 5.69 Å². The van der Waals surface area contributed by atoms with Crippen LogP contribution in [0.3, 0.4) is 0 Å². The molecule has 3 rings (SSSR count). The van der Waals surface area contributed by atoms with E-state index in [1.165, 1.54) is 28.8 Å². The molecule has 3 aromatic rings. The van der Waals surface area contributed by atoms with E-state index >= 15 is 0 Å². The first-order chi connectivity index (χ1) is 13.9. The summed E-state index contributed by atoms with van der Waals surface area (Å²) in [6.45, 7) is 8.39. The van der Waals surface area contributed by atoms with E-state index < -0.39 is 4.92 Å². The number of nitrogens with zero attached hydrogens (tertiary/aromatic N) is 4. The Morgan fingerprint density at radius 3 is 2.79 bits per heavy atom. The van der Waals surface area contributed by atoms with Crippen LogP contribution >= 0.6 is 23.1 Å². The summed E-state index contributed by atoms with van der Waals surface area (Å²) in [5.41, 5.74) is 2.18. The summed E-state index contributed by atoms with van der Waals surface area (Å²) >= 11 is 2.87. The number of amides is 1. The van der Waals surface area contributed by atoms with Crippen LogP contribution in [0.25, 0.3) is 11.4 Å². The molecule has 2 aromatic heterocycles. The Kier molecular flexibility index (Phi) is 6.45. The van der Waals surface area contributed by atoms with Gasteiger partial charge in [-0.05, 0) is 25.5 Å². The number of rotatable bonds is 8. The van der Waals surface area contributed by atoms with Crippen LogP contribution in [0.15, 0.2) is 47.5 Å². The van der Waals surface area contributed by atoms with Gasteiger partial charge < -0.3 is 5.32 Å². The lowest BCUT2D eigenvalue weighted by atomic mass is 10.1. The summed E-state index contributed by atoms with van der Waals surface area (Å²) in [7, 11) is 0. The molecule has 29 heavy (non-hydrogen) atoms. The van der Waals surface area contributed by atoms with Crippen LogP contribution in [0, 0.1) is 24.0 Å². The number of hydrogen-bond donors (Lipinski definition) is 1. The molecule has 0 aliphatic heterocycles. The maximum atomic E-state index is 12.3. The third-order valence-electron chi connectivity index (χ3n) is 4.26. The summed E-state index contributed by atoms with van der Waals surface area (Å²) < 4.78 is 1.91. The molecular weight excluding hydrogens is 410 g/mol. The number of aromatic nitrogens is 3. The van der Waals surface area contributed by atoms with Gasteiger partial charge in [0.2, 0.25) is 5.91 Å². The number of nitrogens with one attached hydrogen (secondary N) is 1. The van der Waals surface area contributed by atoms with Crippen molar-refractivity contribution in [2.24, 2.45) is 0 Å². The molecule has 2 heterocycles. The number of carbonyl (C=O) groups is 1. The fraction of sp³-hybridized carbons (Fsp3) is 0.211. The number of anilines is 1. The molecular formula is C19H19N5O3S2. The van der Waals surface area contributed by atoms with E-state index in [4.69, 9.17) is 0 Å². The van der Waals surface area contributed by atoms with Crippen molar-refractivity contribution in [2.75, 3.05) is 11.1 Å². The van der Waals surface area contributed by atoms with Gasteiger partial charge in [0.25, 0.3) is 5.69 Å². The third kappa shape index (κ3) is 4.54. The molecule has 0 atom stereocenters. The Morgan fingerprint density at radius 2 is 2.14 bits per heavy atom. The lowest BCUT2D eigenvalue weighted by Crippen LogP contribution is -2.15. The Morgan fingerprint density at radius 1 is 1.38 bits per heavy atom. The molecule has 1 amide bonds. The quantitative estimate of drug-likeness (QED) is 0.246. The fourth-order valence-corrected chi connectivity index (χ4v) is 4.29. The second-order valence-corrected chi connectivity index (χ2v) is 8.17. The van der Waals surface area contributed by atoms with Crippen LogP contribution in [0.4, 0.5) is 11.4 Å². The van der Waals surface area contributed by atoms with Crippen LogP contribution < -0.4 is 5.32 Å². The Balaban J connectivity index is 1.76. The first-order valence-electron chi connectivity index (χ1n) is 8.67. The van der Waals surface area contributed by atoms with E-state index in [9.17, 15) is 14.9 Å². The SMILES string of the molecule is C=CCn1c(SCC(=O)Nc2ccccc2[N+](=O)[O-])nnc1-c1csc(C)c1C. The molecule has 8 nitrogen and oxygen atoms in total. The maximum Gasteiger partial charge on any atom is 0.292 e. The van der Waals surface area contributed by atoms with Crippen LogP contribution in [-0.2, 0) is 11.3 Å². The van der Waals surface area contributed by atoms with Crippen molar-refractivity contribution in [1.82, 2.24) is 14.8 Å². The van der Waals surface area contributed by atoms with Crippen molar-refractivity contribution in [1.29, 1.82) is 0 Å². The number of hydrogen-bond acceptors (Lipinski definition) is 7. The van der Waals surface area contributed by atoms with Gasteiger partial charge in [-0.25, -0.2) is 0 Å². The summed E-state index contributed by atoms with van der Waals surface area (Å²) in [5.74, 6) is 0.415. The standard InChI is InChI=1S/C19H19N5O3S2/c1-4-9-23-18(14-10-28-13(3)12(14)2)21-22-19(23)29-11-17(25)20-15-7-5-6-8-16(15)24(26)27/h4-8,10H,1,9,11H2,2-3H3,(H,20,25). The minimum absolute atomic E-state index is 0.0446. The van der Waals surface area contributed by atoms with Crippen molar-refractivity contribution in [3.05, 3.63) is 62.9 Å². The van der Waals surface area contributed by atoms with E-state index in [2.05, 4.69) is 29.0 Å². The Bertz CT molecular complexity index is 1070. The maximum absolute atomic E-state index is 12.3. The molecule has 0 bridgehead atoms. The highest BCUT2D eigenvalue weighted by Gasteiger charge is 2.19. The number of carbonyl (C=O) groups excluding carboxylic acids is 1. The molecule has 1 aromatic carbocycles. The Labute approximate surface area is 175 Å². The van der Waals surface area contributed by atoms with Crippen molar-refractivity contribution < 1.29 is 9.72 Å². The van der Waals surface area contributed by atoms with Crippen LogP contribution in [0.2, 0.25) is 0 Å². The molecule has 150 valence electrons. The molecule has 0 aliphatic carbocycles. The van der Waals surface area contributed by atoms with Crippen molar-refractivity contribution >= 4 is 40.4 Å². The average molecular weight is 430 g/mol. The number of benzene rings is 1. The highest BCUT2D eigenvalue weighted by atomic mass is 32.2. The van der Waals surface area contributed by atoms with Gasteiger partial charge in [-0.3, -0.25) is 19.5 Å². The van der Waals surface area contributed by atoms with E-state index in [0.717, 1.165) is 17.0 Å². The minimum Gasteiger partial charge on any atom is -0.320 e. The van der Waals surface area contributed by atoms with E-state index in [-0.39, 0.29) is 23.0 Å². The monoisotopic (exact) mass is 429 g/mol. The smallest absolute Gasteiger partial charge is 0.292 e. The first-order valence-corrected chi connectivity index (χ1v) is 10.5. The number of thiophene rings is 1. The minimum atomic E-state index is -0.527. The average Bonchev–Trinajstić information content (AvgIpc) is 3.24. The van der Waals surface area contributed by atoms with Gasteiger partial charge in [0.05, 0.1) is 10.7 Å². The zero-order chi connectivity index (χ0) is 21.0. The number of allylic oxidation sites excluding steroid dienone is 1. The molecule has 1 N–H and O–H groups in total. The molecule has 0 radical (unpaired) electrons. The van der Waals surface area contributed by atoms with Crippen molar-refractivity contribution in [2.45, 2.75) is 25.5 Å². The number of para-hydroxylation sites is 2. The second-order valence-electron chi connectivity index (χ2n) is 6.15. The second kappa shape index (κ2) is 9.01. The number of aryl methyl sites for hydroxylation is 1. The van der Waals surface area contributed by atoms with Gasteiger partial charge in [-0.2, -0.15) is 0 Å². The van der Waals surface area contributed by atoms with Crippen LogP contribution in [0.1, 0.15) is 10.4 Å². The zero-order valence-corrected chi connectivity index (χ0v) is 17.5. The summed E-state index contributed by atoms with van der Waals surface area (Å²) in [6.07, 6.45) is 1.75. The van der Waals surface area contributed by atoms with Crippen molar-refractivity contribution in [3.63, 3.8) is 0 Å². The number of thioether (sulfide) groups is 1. The molecule has 10 heteroatoms. The Hall–Kier alpha value is -2.98. The van der Waals surface area contributed by atoms with Gasteiger partial charge in [0, 0.05) is 28.4 Å². The topological polar surface area (TPSA) is 103 Å². The predicted octanol–water partition coefficient (Wildman–Crippen LogP) is 4.45. The highest BCUT2D eigenvalue weighted by Crippen LogP contribution is 2.31. The summed E-state index contributed by atoms with van der Waals surface area (Å²) in [6, 6.07) is 6.03. The fourth-order valence-electron chi connectivity index (χ4n) is 2.68. The number of nitro benzene ring substituents is 1. The highest BCUT2D eigenvalue weighted by molar-refractivity contribution is 7.99. The van der Waals surface area contributed by atoms with Crippen LogP contribution in [0.5, 0.6) is 0 Å². The molecule has 0 unspecified atom stereocenters. The molecule has 0 saturated carbocycles. The molecule has 0 saturated heterocycles. The van der Waals surface area contributed by atoms with Gasteiger partial charge >= 0.3 is 0 Å². The van der Waals surface area contributed by atoms with Gasteiger partial charge in [-0.15, -0.1) is 28.1 Å². The lowest BCUT2D eigenvalue weighted by molar-refractivity contribution is -0.383. The summed E-state index contributed by atoms with van der Waals surface area (Å²) in [5, 5.41) is 24.8. The van der Waals surface area contributed by atoms with Gasteiger partial charge in [-0.1, -0.05) is 30.0 Å².